The van der Waals surface area contributed by atoms with Crippen LogP contribution in [0.2, 0.25) is 5.02 Å². The number of rotatable bonds is 3. The van der Waals surface area contributed by atoms with Crippen LogP contribution in [0.1, 0.15) is 10.4 Å². The number of benzene rings is 1. The van der Waals surface area contributed by atoms with Crippen molar-refractivity contribution in [2.75, 3.05) is 0 Å². The van der Waals surface area contributed by atoms with Gasteiger partial charge in [-0.25, -0.2) is 0 Å². The molecule has 0 aliphatic carbocycles. The maximum Gasteiger partial charge on any atom is 0.185 e. The van der Waals surface area contributed by atoms with Crippen molar-refractivity contribution in [1.82, 2.24) is 0 Å². The SMILES string of the molecule is O=CC=CC(=O)c1ccc(Cl)cc1. The van der Waals surface area contributed by atoms with Crippen molar-refractivity contribution in [1.29, 1.82) is 0 Å². The summed E-state index contributed by atoms with van der Waals surface area (Å²) in [5, 5.41) is 0.580. The molecule has 0 atom stereocenters. The summed E-state index contributed by atoms with van der Waals surface area (Å²) < 4.78 is 0. The average Bonchev–Trinajstić information content (AvgIpc) is 2.15. The first-order valence-electron chi connectivity index (χ1n) is 3.66. The lowest BCUT2D eigenvalue weighted by Gasteiger charge is -1.94. The minimum Gasteiger partial charge on any atom is -0.299 e. The van der Waals surface area contributed by atoms with E-state index in [1.54, 1.807) is 24.3 Å². The van der Waals surface area contributed by atoms with Crippen molar-refractivity contribution >= 4 is 23.7 Å². The fourth-order valence-electron chi connectivity index (χ4n) is 0.837. The molecule has 1 aromatic rings. The van der Waals surface area contributed by atoms with Crippen LogP contribution in [0.4, 0.5) is 0 Å². The van der Waals surface area contributed by atoms with Gasteiger partial charge in [-0.2, -0.15) is 0 Å². The molecule has 0 fully saturated rings. The summed E-state index contributed by atoms with van der Waals surface area (Å²) in [6, 6.07) is 6.48. The van der Waals surface area contributed by atoms with Crippen LogP contribution in [0.5, 0.6) is 0 Å². The van der Waals surface area contributed by atoms with Crippen LogP contribution in [-0.2, 0) is 4.79 Å². The molecular formula is C10H7ClO2. The highest BCUT2D eigenvalue weighted by atomic mass is 35.5. The predicted molar refractivity (Wildman–Crippen MR) is 51.0 cm³/mol. The highest BCUT2D eigenvalue weighted by Crippen LogP contribution is 2.10. The van der Waals surface area contributed by atoms with E-state index in [1.807, 2.05) is 0 Å². The molecule has 0 spiro atoms. The average molecular weight is 195 g/mol. The molecule has 0 aliphatic heterocycles. The molecule has 0 saturated carbocycles. The van der Waals surface area contributed by atoms with Crippen molar-refractivity contribution in [2.24, 2.45) is 0 Å². The van der Waals surface area contributed by atoms with Crippen molar-refractivity contribution in [3.05, 3.63) is 47.0 Å². The van der Waals surface area contributed by atoms with Crippen LogP contribution in [0.25, 0.3) is 0 Å². The number of allylic oxidation sites excluding steroid dienone is 2. The van der Waals surface area contributed by atoms with Gasteiger partial charge in [0.1, 0.15) is 6.29 Å². The van der Waals surface area contributed by atoms with E-state index in [0.29, 0.717) is 16.9 Å². The summed E-state index contributed by atoms with van der Waals surface area (Å²) in [6.45, 7) is 0. The van der Waals surface area contributed by atoms with E-state index in [1.165, 1.54) is 6.08 Å². The Bertz CT molecular complexity index is 338. The zero-order valence-corrected chi connectivity index (χ0v) is 7.49. The zero-order valence-electron chi connectivity index (χ0n) is 6.74. The molecule has 1 aromatic carbocycles. The van der Waals surface area contributed by atoms with Gasteiger partial charge in [-0.3, -0.25) is 9.59 Å². The fourth-order valence-corrected chi connectivity index (χ4v) is 0.963. The lowest BCUT2D eigenvalue weighted by Crippen LogP contribution is -1.93. The van der Waals surface area contributed by atoms with Gasteiger partial charge in [0.05, 0.1) is 0 Å². The first kappa shape index (κ1) is 9.68. The van der Waals surface area contributed by atoms with Crippen molar-refractivity contribution < 1.29 is 9.59 Å². The minimum atomic E-state index is -0.205. The van der Waals surface area contributed by atoms with Crippen LogP contribution in [0.15, 0.2) is 36.4 Å². The second kappa shape index (κ2) is 4.58. The predicted octanol–water partition coefficient (Wildman–Crippen LogP) is 2.28. The first-order chi connectivity index (χ1) is 6.24. The quantitative estimate of drug-likeness (QED) is 0.420. The Hall–Kier alpha value is -1.41. The molecule has 66 valence electrons. The summed E-state index contributed by atoms with van der Waals surface area (Å²) in [7, 11) is 0. The Balaban J connectivity index is 2.83. The molecule has 0 aliphatic rings. The van der Waals surface area contributed by atoms with Crippen LogP contribution >= 0.6 is 11.6 Å². The number of halogens is 1. The van der Waals surface area contributed by atoms with Crippen molar-refractivity contribution in [3.8, 4) is 0 Å². The largest absolute Gasteiger partial charge is 0.299 e. The third kappa shape index (κ3) is 2.84. The normalized spacial score (nSPS) is 10.2. The molecular weight excluding hydrogens is 188 g/mol. The molecule has 0 amide bonds. The molecule has 2 nitrogen and oxygen atoms in total. The summed E-state index contributed by atoms with van der Waals surface area (Å²) in [5.41, 5.74) is 0.516. The maximum absolute atomic E-state index is 11.2. The fraction of sp³-hybridized carbons (Fsp3) is 0. The molecule has 0 radical (unpaired) electrons. The molecule has 13 heavy (non-hydrogen) atoms. The maximum atomic E-state index is 11.2. The zero-order chi connectivity index (χ0) is 9.68. The molecule has 0 saturated heterocycles. The second-order valence-electron chi connectivity index (χ2n) is 2.37. The van der Waals surface area contributed by atoms with Crippen LogP contribution in [-0.4, -0.2) is 12.1 Å². The number of hydrogen-bond donors (Lipinski definition) is 0. The van der Waals surface area contributed by atoms with Crippen molar-refractivity contribution in [2.45, 2.75) is 0 Å². The van der Waals surface area contributed by atoms with Gasteiger partial charge in [0.2, 0.25) is 0 Å². The van der Waals surface area contributed by atoms with Crippen LogP contribution < -0.4 is 0 Å². The van der Waals surface area contributed by atoms with E-state index >= 15 is 0 Å². The lowest BCUT2D eigenvalue weighted by atomic mass is 10.1. The Morgan fingerprint density at radius 1 is 1.23 bits per heavy atom. The summed E-state index contributed by atoms with van der Waals surface area (Å²) >= 11 is 5.64. The van der Waals surface area contributed by atoms with E-state index in [-0.39, 0.29) is 5.78 Å². The molecule has 3 heteroatoms. The Morgan fingerprint density at radius 3 is 2.38 bits per heavy atom. The van der Waals surface area contributed by atoms with Gasteiger partial charge < -0.3 is 0 Å². The summed E-state index contributed by atoms with van der Waals surface area (Å²) in [6.07, 6.45) is 2.95. The Morgan fingerprint density at radius 2 is 1.85 bits per heavy atom. The van der Waals surface area contributed by atoms with Gasteiger partial charge in [-0.1, -0.05) is 11.6 Å². The van der Waals surface area contributed by atoms with E-state index in [0.717, 1.165) is 6.08 Å². The van der Waals surface area contributed by atoms with E-state index < -0.39 is 0 Å². The second-order valence-corrected chi connectivity index (χ2v) is 2.80. The van der Waals surface area contributed by atoms with Gasteiger partial charge in [0.25, 0.3) is 0 Å². The van der Waals surface area contributed by atoms with E-state index in [4.69, 9.17) is 11.6 Å². The Kier molecular flexibility index (Phi) is 3.41. The van der Waals surface area contributed by atoms with Crippen molar-refractivity contribution in [3.63, 3.8) is 0 Å². The summed E-state index contributed by atoms with van der Waals surface area (Å²) in [5.74, 6) is -0.205. The van der Waals surface area contributed by atoms with Gasteiger partial charge in [0.15, 0.2) is 5.78 Å². The highest BCUT2D eigenvalue weighted by Gasteiger charge is 1.99. The highest BCUT2D eigenvalue weighted by molar-refractivity contribution is 6.30. The van der Waals surface area contributed by atoms with Gasteiger partial charge in [-0.05, 0) is 36.4 Å². The van der Waals surface area contributed by atoms with Gasteiger partial charge >= 0.3 is 0 Å². The number of carbonyl (C=O) groups excluding carboxylic acids is 2. The monoisotopic (exact) mass is 194 g/mol. The molecule has 1 rings (SSSR count). The summed E-state index contributed by atoms with van der Waals surface area (Å²) in [4.78, 5) is 21.2. The van der Waals surface area contributed by atoms with Crippen LogP contribution in [0, 0.1) is 0 Å². The minimum absolute atomic E-state index is 0.205. The third-order valence-electron chi connectivity index (χ3n) is 1.45. The third-order valence-corrected chi connectivity index (χ3v) is 1.71. The molecule has 0 N–H and O–H groups in total. The van der Waals surface area contributed by atoms with E-state index in [9.17, 15) is 9.59 Å². The van der Waals surface area contributed by atoms with Crippen LogP contribution in [0.3, 0.4) is 0 Å². The Labute approximate surface area is 80.8 Å². The number of aldehydes is 1. The smallest absolute Gasteiger partial charge is 0.185 e. The molecule has 0 heterocycles. The van der Waals surface area contributed by atoms with Gasteiger partial charge in [-0.15, -0.1) is 0 Å². The lowest BCUT2D eigenvalue weighted by molar-refractivity contribution is -0.104. The molecule has 0 bridgehead atoms. The first-order valence-corrected chi connectivity index (χ1v) is 4.03. The standard InChI is InChI=1S/C10H7ClO2/c11-9-5-3-8(4-6-9)10(13)2-1-7-12/h1-7H. The van der Waals surface area contributed by atoms with E-state index in [2.05, 4.69) is 0 Å². The topological polar surface area (TPSA) is 34.1 Å². The number of hydrogen-bond acceptors (Lipinski definition) is 2. The number of ketones is 1. The molecule has 0 aromatic heterocycles. The molecule has 0 unspecified atom stereocenters. The number of carbonyl (C=O) groups is 2. The van der Waals surface area contributed by atoms with Gasteiger partial charge in [0, 0.05) is 10.6 Å².